The fourth-order valence-electron chi connectivity index (χ4n) is 2.00. The van der Waals surface area contributed by atoms with E-state index in [1.165, 1.54) is 18.5 Å². The summed E-state index contributed by atoms with van der Waals surface area (Å²) in [6.07, 6.45) is 1.53. The zero-order chi connectivity index (χ0) is 13.9. The molecule has 0 saturated heterocycles. The van der Waals surface area contributed by atoms with Gasteiger partial charge in [-0.25, -0.2) is 4.98 Å². The van der Waals surface area contributed by atoms with Crippen LogP contribution in [0.4, 0.5) is 0 Å². The van der Waals surface area contributed by atoms with Crippen molar-refractivity contribution in [3.8, 4) is 11.6 Å². The van der Waals surface area contributed by atoms with E-state index in [4.69, 9.17) is 4.74 Å². The first kappa shape index (κ1) is 12.4. The summed E-state index contributed by atoms with van der Waals surface area (Å²) < 4.78 is 5.70. The lowest BCUT2D eigenvalue weighted by molar-refractivity contribution is 0.101. The largest absolute Gasteiger partial charge is 0.439 e. The highest BCUT2D eigenvalue weighted by molar-refractivity contribution is 5.93. The van der Waals surface area contributed by atoms with Crippen LogP contribution in [-0.4, -0.2) is 10.8 Å². The molecule has 0 atom stereocenters. The van der Waals surface area contributed by atoms with Crippen molar-refractivity contribution in [3.05, 3.63) is 66.4 Å². The van der Waals surface area contributed by atoms with Gasteiger partial charge in [0.1, 0.15) is 5.75 Å². The number of Topliss-reactive ketones (excluding diaryl/α,β-unsaturated/α-hetero) is 1. The molecule has 0 aliphatic heterocycles. The van der Waals surface area contributed by atoms with Gasteiger partial charge >= 0.3 is 0 Å². The maximum absolute atomic E-state index is 11.2. The maximum Gasteiger partial charge on any atom is 0.219 e. The first-order chi connectivity index (χ1) is 9.72. The molecule has 0 radical (unpaired) electrons. The van der Waals surface area contributed by atoms with Crippen molar-refractivity contribution in [2.75, 3.05) is 0 Å². The lowest BCUT2D eigenvalue weighted by Gasteiger charge is -2.06. The van der Waals surface area contributed by atoms with Crippen LogP contribution in [0, 0.1) is 0 Å². The van der Waals surface area contributed by atoms with Gasteiger partial charge in [0.15, 0.2) is 5.78 Å². The smallest absolute Gasteiger partial charge is 0.219 e. The average molecular weight is 263 g/mol. The van der Waals surface area contributed by atoms with Gasteiger partial charge in [-0.15, -0.1) is 0 Å². The second-order valence-corrected chi connectivity index (χ2v) is 4.55. The molecule has 20 heavy (non-hydrogen) atoms. The van der Waals surface area contributed by atoms with Crippen molar-refractivity contribution in [2.45, 2.75) is 6.92 Å². The number of rotatable bonds is 3. The minimum Gasteiger partial charge on any atom is -0.439 e. The molecule has 0 saturated carbocycles. The van der Waals surface area contributed by atoms with Crippen LogP contribution in [0.1, 0.15) is 17.3 Å². The summed E-state index contributed by atoms with van der Waals surface area (Å²) in [5.41, 5.74) is 0.580. The number of hydrogen-bond donors (Lipinski definition) is 0. The van der Waals surface area contributed by atoms with Gasteiger partial charge < -0.3 is 4.74 Å². The standard InChI is InChI=1S/C17H13NO2/c1-12(19)15-7-9-17(18-11-15)20-16-8-6-13-4-2-3-5-14(13)10-16/h2-11H,1H3. The van der Waals surface area contributed by atoms with E-state index in [0.29, 0.717) is 11.4 Å². The number of hydrogen-bond acceptors (Lipinski definition) is 3. The molecule has 3 aromatic rings. The Hall–Kier alpha value is -2.68. The molecule has 3 rings (SSSR count). The molecule has 0 fully saturated rings. The molecule has 98 valence electrons. The number of aromatic nitrogens is 1. The third-order valence-corrected chi connectivity index (χ3v) is 3.09. The quantitative estimate of drug-likeness (QED) is 0.664. The molecule has 0 N–H and O–H groups in total. The van der Waals surface area contributed by atoms with Gasteiger partial charge in [0.25, 0.3) is 0 Å². The molecule has 1 aromatic heterocycles. The van der Waals surface area contributed by atoms with Crippen molar-refractivity contribution in [1.82, 2.24) is 4.98 Å². The summed E-state index contributed by atoms with van der Waals surface area (Å²) in [7, 11) is 0. The van der Waals surface area contributed by atoms with Crippen LogP contribution in [0.3, 0.4) is 0 Å². The van der Waals surface area contributed by atoms with Crippen molar-refractivity contribution in [2.24, 2.45) is 0 Å². The Morgan fingerprint density at radius 3 is 2.50 bits per heavy atom. The van der Waals surface area contributed by atoms with E-state index >= 15 is 0 Å². The number of benzene rings is 2. The molecule has 3 heteroatoms. The van der Waals surface area contributed by atoms with Crippen molar-refractivity contribution >= 4 is 16.6 Å². The van der Waals surface area contributed by atoms with Crippen LogP contribution >= 0.6 is 0 Å². The van der Waals surface area contributed by atoms with Gasteiger partial charge in [-0.3, -0.25) is 4.79 Å². The summed E-state index contributed by atoms with van der Waals surface area (Å²) in [5, 5.41) is 2.28. The Morgan fingerprint density at radius 1 is 1.00 bits per heavy atom. The molecule has 3 nitrogen and oxygen atoms in total. The highest BCUT2D eigenvalue weighted by Gasteiger charge is 2.03. The van der Waals surface area contributed by atoms with Gasteiger partial charge in [-0.2, -0.15) is 0 Å². The lowest BCUT2D eigenvalue weighted by Crippen LogP contribution is -1.94. The summed E-state index contributed by atoms with van der Waals surface area (Å²) in [5.74, 6) is 1.20. The van der Waals surface area contributed by atoms with E-state index in [0.717, 1.165) is 11.1 Å². The average Bonchev–Trinajstić information content (AvgIpc) is 2.48. The fraction of sp³-hybridized carbons (Fsp3) is 0.0588. The second kappa shape index (κ2) is 5.13. The summed E-state index contributed by atoms with van der Waals surface area (Å²) in [6, 6.07) is 17.4. The number of carbonyl (C=O) groups is 1. The van der Waals surface area contributed by atoms with Crippen LogP contribution in [0.25, 0.3) is 10.8 Å². The number of ether oxygens (including phenoxy) is 1. The molecule has 0 unspecified atom stereocenters. The Morgan fingerprint density at radius 2 is 1.80 bits per heavy atom. The summed E-state index contributed by atoms with van der Waals surface area (Å²) in [4.78, 5) is 15.3. The zero-order valence-corrected chi connectivity index (χ0v) is 11.0. The molecular weight excluding hydrogens is 250 g/mol. The lowest BCUT2D eigenvalue weighted by atomic mass is 10.1. The number of carbonyl (C=O) groups excluding carboxylic acids is 1. The van der Waals surface area contributed by atoms with E-state index in [1.807, 2.05) is 36.4 Å². The first-order valence-electron chi connectivity index (χ1n) is 6.36. The number of pyridine rings is 1. The van der Waals surface area contributed by atoms with Gasteiger partial charge in [0, 0.05) is 17.8 Å². The molecule has 2 aromatic carbocycles. The van der Waals surface area contributed by atoms with Gasteiger partial charge in [-0.05, 0) is 35.9 Å². The van der Waals surface area contributed by atoms with Crippen LogP contribution in [0.2, 0.25) is 0 Å². The van der Waals surface area contributed by atoms with E-state index < -0.39 is 0 Å². The monoisotopic (exact) mass is 263 g/mol. The van der Waals surface area contributed by atoms with Crippen LogP contribution in [-0.2, 0) is 0 Å². The van der Waals surface area contributed by atoms with Crippen LogP contribution in [0.15, 0.2) is 60.8 Å². The Labute approximate surface area is 116 Å². The third-order valence-electron chi connectivity index (χ3n) is 3.09. The van der Waals surface area contributed by atoms with E-state index in [1.54, 1.807) is 12.1 Å². The van der Waals surface area contributed by atoms with E-state index in [2.05, 4.69) is 11.1 Å². The van der Waals surface area contributed by atoms with Crippen molar-refractivity contribution in [1.29, 1.82) is 0 Å². The van der Waals surface area contributed by atoms with Gasteiger partial charge in [0.05, 0.1) is 0 Å². The van der Waals surface area contributed by atoms with Gasteiger partial charge in [0.2, 0.25) is 5.88 Å². The number of ketones is 1. The Kier molecular flexibility index (Phi) is 3.17. The minimum absolute atomic E-state index is 0.00486. The molecule has 0 bridgehead atoms. The third kappa shape index (κ3) is 2.52. The molecule has 1 heterocycles. The minimum atomic E-state index is -0.00486. The zero-order valence-electron chi connectivity index (χ0n) is 11.0. The molecule has 0 aliphatic carbocycles. The number of nitrogens with zero attached hydrogens (tertiary/aromatic N) is 1. The molecule has 0 amide bonds. The normalized spacial score (nSPS) is 10.4. The van der Waals surface area contributed by atoms with Gasteiger partial charge in [-0.1, -0.05) is 30.3 Å². The highest BCUT2D eigenvalue weighted by Crippen LogP contribution is 2.24. The van der Waals surface area contributed by atoms with Crippen molar-refractivity contribution < 1.29 is 9.53 Å². The number of fused-ring (bicyclic) bond motifs is 1. The van der Waals surface area contributed by atoms with E-state index in [9.17, 15) is 4.79 Å². The van der Waals surface area contributed by atoms with E-state index in [-0.39, 0.29) is 5.78 Å². The Balaban J connectivity index is 1.87. The predicted octanol–water partition coefficient (Wildman–Crippen LogP) is 4.23. The first-order valence-corrected chi connectivity index (χ1v) is 6.36. The Bertz CT molecular complexity index is 763. The molecule has 0 aliphatic rings. The summed E-state index contributed by atoms with van der Waals surface area (Å²) >= 11 is 0. The van der Waals surface area contributed by atoms with Crippen LogP contribution in [0.5, 0.6) is 11.6 Å². The molecule has 0 spiro atoms. The fourth-order valence-corrected chi connectivity index (χ4v) is 2.00. The SMILES string of the molecule is CC(=O)c1ccc(Oc2ccc3ccccc3c2)nc1. The highest BCUT2D eigenvalue weighted by atomic mass is 16.5. The topological polar surface area (TPSA) is 39.2 Å². The summed E-state index contributed by atoms with van der Waals surface area (Å²) in [6.45, 7) is 1.51. The second-order valence-electron chi connectivity index (χ2n) is 4.55. The maximum atomic E-state index is 11.2. The molecular formula is C17H13NO2. The van der Waals surface area contributed by atoms with Crippen LogP contribution < -0.4 is 4.74 Å². The van der Waals surface area contributed by atoms with Crippen molar-refractivity contribution in [3.63, 3.8) is 0 Å². The predicted molar refractivity (Wildman–Crippen MR) is 78.3 cm³/mol.